The zero-order valence-corrected chi connectivity index (χ0v) is 10.3. The highest BCUT2D eigenvalue weighted by molar-refractivity contribution is 5.76. The van der Waals surface area contributed by atoms with E-state index in [2.05, 4.69) is 10.1 Å². The summed E-state index contributed by atoms with van der Waals surface area (Å²) in [6.45, 7) is 2.02. The number of oxazole rings is 1. The van der Waals surface area contributed by atoms with Gasteiger partial charge in [-0.1, -0.05) is 0 Å². The van der Waals surface area contributed by atoms with Gasteiger partial charge in [0.05, 0.1) is 6.20 Å². The van der Waals surface area contributed by atoms with Crippen molar-refractivity contribution in [1.29, 1.82) is 0 Å². The van der Waals surface area contributed by atoms with E-state index in [1.165, 1.54) is 10.7 Å². The van der Waals surface area contributed by atoms with Gasteiger partial charge in [-0.2, -0.15) is 5.10 Å². The van der Waals surface area contributed by atoms with Crippen molar-refractivity contribution < 1.29 is 4.42 Å². The van der Waals surface area contributed by atoms with Crippen LogP contribution in [0.3, 0.4) is 0 Å². The van der Waals surface area contributed by atoms with Gasteiger partial charge in [0, 0.05) is 17.8 Å². The first-order chi connectivity index (χ1) is 9.11. The van der Waals surface area contributed by atoms with Crippen LogP contribution in [-0.2, 0) is 6.54 Å². The number of rotatable bonds is 2. The molecule has 2 heterocycles. The van der Waals surface area contributed by atoms with Gasteiger partial charge in [-0.3, -0.25) is 4.79 Å². The van der Waals surface area contributed by atoms with Crippen LogP contribution in [0.25, 0.3) is 11.1 Å². The Bertz CT molecular complexity index is 804. The molecule has 0 bridgehead atoms. The van der Waals surface area contributed by atoms with Gasteiger partial charge >= 0.3 is 0 Å². The standard InChI is InChI=1S/C13H12N4O2/c1-8-4-13(18)17(15-6-8)7-12-16-10-3-2-9(14)5-11(10)19-12/h2-6H,7,14H2,1H3. The summed E-state index contributed by atoms with van der Waals surface area (Å²) in [5.74, 6) is 0.430. The third-order valence-corrected chi connectivity index (χ3v) is 2.75. The molecule has 0 fully saturated rings. The number of fused-ring (bicyclic) bond motifs is 1. The highest BCUT2D eigenvalue weighted by Gasteiger charge is 2.08. The minimum Gasteiger partial charge on any atom is -0.439 e. The molecule has 3 aromatic rings. The molecule has 6 heteroatoms. The van der Waals surface area contributed by atoms with Crippen molar-refractivity contribution in [1.82, 2.24) is 14.8 Å². The molecular formula is C13H12N4O2. The molecule has 0 radical (unpaired) electrons. The SMILES string of the molecule is Cc1cnn(Cc2nc3ccc(N)cc3o2)c(=O)c1. The molecule has 0 aliphatic heterocycles. The minimum atomic E-state index is -0.179. The second-order valence-corrected chi connectivity index (χ2v) is 4.36. The molecule has 19 heavy (non-hydrogen) atoms. The fourth-order valence-corrected chi connectivity index (χ4v) is 1.83. The molecule has 96 valence electrons. The van der Waals surface area contributed by atoms with Crippen LogP contribution in [0.1, 0.15) is 11.5 Å². The van der Waals surface area contributed by atoms with E-state index in [1.54, 1.807) is 24.4 Å². The van der Waals surface area contributed by atoms with Crippen molar-refractivity contribution in [2.45, 2.75) is 13.5 Å². The Morgan fingerprint density at radius 3 is 3.00 bits per heavy atom. The van der Waals surface area contributed by atoms with Crippen molar-refractivity contribution in [2.75, 3.05) is 5.73 Å². The summed E-state index contributed by atoms with van der Waals surface area (Å²) in [4.78, 5) is 16.0. The van der Waals surface area contributed by atoms with Crippen molar-refractivity contribution in [3.05, 3.63) is 52.3 Å². The maximum absolute atomic E-state index is 11.7. The molecule has 0 saturated heterocycles. The van der Waals surface area contributed by atoms with E-state index in [4.69, 9.17) is 10.2 Å². The van der Waals surface area contributed by atoms with Gasteiger partial charge in [0.2, 0.25) is 5.89 Å². The van der Waals surface area contributed by atoms with Gasteiger partial charge in [-0.15, -0.1) is 0 Å². The van der Waals surface area contributed by atoms with Crippen LogP contribution in [-0.4, -0.2) is 14.8 Å². The van der Waals surface area contributed by atoms with Crippen LogP contribution < -0.4 is 11.3 Å². The Morgan fingerprint density at radius 2 is 2.21 bits per heavy atom. The predicted octanol–water partition coefficient (Wildman–Crippen LogP) is 1.32. The second-order valence-electron chi connectivity index (χ2n) is 4.36. The van der Waals surface area contributed by atoms with Gasteiger partial charge in [0.1, 0.15) is 12.1 Å². The average molecular weight is 256 g/mol. The van der Waals surface area contributed by atoms with Gasteiger partial charge in [-0.25, -0.2) is 9.67 Å². The molecule has 6 nitrogen and oxygen atoms in total. The number of nitrogen functional groups attached to an aromatic ring is 1. The van der Waals surface area contributed by atoms with E-state index in [9.17, 15) is 4.79 Å². The van der Waals surface area contributed by atoms with Crippen molar-refractivity contribution in [3.8, 4) is 0 Å². The number of hydrogen-bond acceptors (Lipinski definition) is 5. The lowest BCUT2D eigenvalue weighted by atomic mass is 10.3. The molecule has 2 aromatic heterocycles. The maximum Gasteiger partial charge on any atom is 0.267 e. The smallest absolute Gasteiger partial charge is 0.267 e. The highest BCUT2D eigenvalue weighted by Crippen LogP contribution is 2.18. The molecule has 0 unspecified atom stereocenters. The van der Waals surface area contributed by atoms with E-state index in [1.807, 2.05) is 6.92 Å². The second kappa shape index (κ2) is 4.24. The Kier molecular flexibility index (Phi) is 2.56. The number of benzene rings is 1. The molecule has 1 aromatic carbocycles. The van der Waals surface area contributed by atoms with Crippen LogP contribution >= 0.6 is 0 Å². The van der Waals surface area contributed by atoms with E-state index in [0.717, 1.165) is 5.56 Å². The Hall–Kier alpha value is -2.63. The van der Waals surface area contributed by atoms with Gasteiger partial charge < -0.3 is 10.2 Å². The van der Waals surface area contributed by atoms with Crippen LogP contribution in [0.2, 0.25) is 0 Å². The van der Waals surface area contributed by atoms with Crippen LogP contribution in [0, 0.1) is 6.92 Å². The van der Waals surface area contributed by atoms with E-state index in [-0.39, 0.29) is 12.1 Å². The summed E-state index contributed by atoms with van der Waals surface area (Å²) in [5, 5.41) is 4.04. The van der Waals surface area contributed by atoms with Gasteiger partial charge in [0.15, 0.2) is 5.58 Å². The number of hydrogen-bond donors (Lipinski definition) is 1. The van der Waals surface area contributed by atoms with Crippen LogP contribution in [0.5, 0.6) is 0 Å². The lowest BCUT2D eigenvalue weighted by Gasteiger charge is -2.00. The Labute approximate surface area is 108 Å². The molecule has 2 N–H and O–H groups in total. The van der Waals surface area contributed by atoms with Crippen LogP contribution in [0.4, 0.5) is 5.69 Å². The van der Waals surface area contributed by atoms with E-state index >= 15 is 0 Å². The highest BCUT2D eigenvalue weighted by atomic mass is 16.3. The first-order valence-corrected chi connectivity index (χ1v) is 5.80. The van der Waals surface area contributed by atoms with Crippen molar-refractivity contribution in [3.63, 3.8) is 0 Å². The maximum atomic E-state index is 11.7. The monoisotopic (exact) mass is 256 g/mol. The number of aromatic nitrogens is 3. The molecule has 0 aliphatic rings. The normalized spacial score (nSPS) is 11.0. The third-order valence-electron chi connectivity index (χ3n) is 2.75. The third kappa shape index (κ3) is 2.20. The Morgan fingerprint density at radius 1 is 1.37 bits per heavy atom. The fourth-order valence-electron chi connectivity index (χ4n) is 1.83. The lowest BCUT2D eigenvalue weighted by Crippen LogP contribution is -2.22. The van der Waals surface area contributed by atoms with Gasteiger partial charge in [-0.05, 0) is 24.6 Å². The predicted molar refractivity (Wildman–Crippen MR) is 70.8 cm³/mol. The van der Waals surface area contributed by atoms with Crippen molar-refractivity contribution in [2.24, 2.45) is 0 Å². The lowest BCUT2D eigenvalue weighted by molar-refractivity contribution is 0.480. The summed E-state index contributed by atoms with van der Waals surface area (Å²) < 4.78 is 6.85. The summed E-state index contributed by atoms with van der Waals surface area (Å²) in [5.41, 5.74) is 8.25. The zero-order chi connectivity index (χ0) is 13.4. The molecular weight excluding hydrogens is 244 g/mol. The number of aryl methyl sites for hydroxylation is 1. The van der Waals surface area contributed by atoms with Crippen LogP contribution in [0.15, 0.2) is 39.7 Å². The first kappa shape index (κ1) is 11.5. The molecule has 0 spiro atoms. The summed E-state index contributed by atoms with van der Waals surface area (Å²) in [7, 11) is 0. The summed E-state index contributed by atoms with van der Waals surface area (Å²) in [6.07, 6.45) is 1.63. The number of anilines is 1. The molecule has 0 atom stereocenters. The fraction of sp³-hybridized carbons (Fsp3) is 0.154. The summed E-state index contributed by atoms with van der Waals surface area (Å²) >= 11 is 0. The van der Waals surface area contributed by atoms with E-state index < -0.39 is 0 Å². The minimum absolute atomic E-state index is 0.179. The van der Waals surface area contributed by atoms with Gasteiger partial charge in [0.25, 0.3) is 5.56 Å². The number of nitrogens with zero attached hydrogens (tertiary/aromatic N) is 3. The Balaban J connectivity index is 1.99. The first-order valence-electron chi connectivity index (χ1n) is 5.80. The largest absolute Gasteiger partial charge is 0.439 e. The molecule has 0 amide bonds. The average Bonchev–Trinajstić information content (AvgIpc) is 2.74. The quantitative estimate of drug-likeness (QED) is 0.699. The molecule has 0 saturated carbocycles. The zero-order valence-electron chi connectivity index (χ0n) is 10.3. The number of nitrogens with two attached hydrogens (primary N) is 1. The topological polar surface area (TPSA) is 86.9 Å². The molecule has 0 aliphatic carbocycles. The summed E-state index contributed by atoms with van der Waals surface area (Å²) in [6, 6.07) is 6.76. The molecule has 3 rings (SSSR count). The van der Waals surface area contributed by atoms with Crippen molar-refractivity contribution >= 4 is 16.8 Å². The van der Waals surface area contributed by atoms with E-state index in [0.29, 0.717) is 22.7 Å².